The van der Waals surface area contributed by atoms with Crippen LogP contribution < -0.4 is 11.2 Å². The summed E-state index contributed by atoms with van der Waals surface area (Å²) in [5.74, 6) is -0.515. The van der Waals surface area contributed by atoms with E-state index in [2.05, 4.69) is 5.10 Å². The Morgan fingerprint density at radius 1 is 1.25 bits per heavy atom. The van der Waals surface area contributed by atoms with E-state index in [0.29, 0.717) is 24.6 Å². The molecule has 1 aromatic carbocycles. The van der Waals surface area contributed by atoms with E-state index in [1.807, 2.05) is 0 Å². The summed E-state index contributed by atoms with van der Waals surface area (Å²) in [4.78, 5) is 38.3. The number of hydrogen-bond donors (Lipinski definition) is 0. The van der Waals surface area contributed by atoms with Gasteiger partial charge in [-0.1, -0.05) is 0 Å². The van der Waals surface area contributed by atoms with Crippen LogP contribution in [0.5, 0.6) is 0 Å². The highest BCUT2D eigenvalue weighted by Crippen LogP contribution is 2.44. The highest BCUT2D eigenvalue weighted by atomic mass is 32.2. The molecule has 5 rings (SSSR count). The lowest BCUT2D eigenvalue weighted by atomic mass is 9.96. The average molecular weight is 528 g/mol. The summed E-state index contributed by atoms with van der Waals surface area (Å²) in [6.45, 7) is 1.64. The van der Waals surface area contributed by atoms with Gasteiger partial charge in [0.05, 0.1) is 30.0 Å². The molecule has 14 heteroatoms. The van der Waals surface area contributed by atoms with Gasteiger partial charge in [-0.05, 0) is 50.1 Å². The number of sulfonamides is 1. The SMILES string of the molecule is Cn1cc(Cn2c(=O)c3cc(S(=O)(=O)N([B]C=O)C4(C)CC4)sc3n(-c3ccc(F)cc3)c2=O)cn1. The van der Waals surface area contributed by atoms with Crippen molar-refractivity contribution in [1.29, 1.82) is 0 Å². The largest absolute Gasteiger partial charge is 0.337 e. The molecule has 0 saturated heterocycles. The molecule has 1 aliphatic rings. The quantitative estimate of drug-likeness (QED) is 0.253. The molecule has 1 radical (unpaired) electrons. The molecular weight excluding hydrogens is 508 g/mol. The van der Waals surface area contributed by atoms with E-state index in [1.165, 1.54) is 45.8 Å². The van der Waals surface area contributed by atoms with Crippen LogP contribution in [0.25, 0.3) is 15.9 Å². The molecule has 0 N–H and O–H groups in total. The van der Waals surface area contributed by atoms with Crippen LogP contribution in [0.4, 0.5) is 4.39 Å². The molecule has 3 aromatic heterocycles. The van der Waals surface area contributed by atoms with E-state index >= 15 is 0 Å². The molecule has 3 heterocycles. The minimum Gasteiger partial charge on any atom is -0.313 e. The van der Waals surface area contributed by atoms with Gasteiger partial charge in [-0.2, -0.15) is 5.10 Å². The molecule has 36 heavy (non-hydrogen) atoms. The van der Waals surface area contributed by atoms with Crippen molar-refractivity contribution < 1.29 is 17.6 Å². The minimum absolute atomic E-state index is 0.0124. The van der Waals surface area contributed by atoms with Gasteiger partial charge in [0.2, 0.25) is 10.0 Å². The van der Waals surface area contributed by atoms with E-state index in [-0.39, 0.29) is 26.7 Å². The molecule has 1 fully saturated rings. The molecule has 10 nitrogen and oxygen atoms in total. The molecule has 0 atom stereocenters. The summed E-state index contributed by atoms with van der Waals surface area (Å²) in [5.41, 5.74) is -1.24. The maximum atomic E-state index is 13.6. The van der Waals surface area contributed by atoms with Gasteiger partial charge in [-0.3, -0.25) is 18.6 Å². The van der Waals surface area contributed by atoms with Crippen molar-refractivity contribution in [2.45, 2.75) is 36.1 Å². The Bertz CT molecular complexity index is 1720. The van der Waals surface area contributed by atoms with Gasteiger partial charge in [-0.25, -0.2) is 21.8 Å². The second-order valence-corrected chi connectivity index (χ2v) is 11.9. The lowest BCUT2D eigenvalue weighted by Crippen LogP contribution is -2.43. The first kappa shape index (κ1) is 24.3. The number of carbonyl (C=O) groups is 1. The maximum absolute atomic E-state index is 13.6. The van der Waals surface area contributed by atoms with Crippen molar-refractivity contribution in [3.8, 4) is 5.69 Å². The zero-order chi connectivity index (χ0) is 25.8. The fourth-order valence-electron chi connectivity index (χ4n) is 4.04. The number of rotatable bonds is 8. The third-order valence-corrected chi connectivity index (χ3v) is 9.69. The topological polar surface area (TPSA) is 116 Å². The predicted molar refractivity (Wildman–Crippen MR) is 133 cm³/mol. The summed E-state index contributed by atoms with van der Waals surface area (Å²) in [5, 5.41) is 4.08. The van der Waals surface area contributed by atoms with Crippen LogP contribution in [-0.2, 0) is 28.4 Å². The Labute approximate surface area is 209 Å². The third-order valence-electron chi connectivity index (χ3n) is 6.19. The second kappa shape index (κ2) is 8.64. The first-order chi connectivity index (χ1) is 17.0. The highest BCUT2D eigenvalue weighted by molar-refractivity contribution is 7.92. The standard InChI is InChI=1S/C22H20BFN5O5S2/c1-22(7-8-22)29(23-13-30)36(33,34)18-9-17-19(31)27(12-14-10-25-26(2)11-14)21(32)28(20(17)35-18)16-5-3-15(24)4-6-16/h3-6,9-11,13H,7-8,12H2,1-2H3. The molecule has 0 unspecified atom stereocenters. The Kier molecular flexibility index (Phi) is 5.84. The Balaban J connectivity index is 1.76. The second-order valence-electron chi connectivity index (χ2n) is 8.88. The average Bonchev–Trinajstić information content (AvgIpc) is 3.21. The van der Waals surface area contributed by atoms with E-state index in [4.69, 9.17) is 0 Å². The number of aromatic nitrogens is 4. The smallest absolute Gasteiger partial charge is 0.313 e. The molecule has 185 valence electrons. The minimum atomic E-state index is -4.20. The fourth-order valence-corrected chi connectivity index (χ4v) is 7.27. The summed E-state index contributed by atoms with van der Waals surface area (Å²) in [6.07, 6.45) is 4.75. The van der Waals surface area contributed by atoms with Crippen molar-refractivity contribution in [3.63, 3.8) is 0 Å². The molecule has 0 amide bonds. The summed E-state index contributed by atoms with van der Waals surface area (Å²) in [6, 6.07) is 6.32. The Hall–Kier alpha value is -3.36. The monoisotopic (exact) mass is 528 g/mol. The van der Waals surface area contributed by atoms with Crippen molar-refractivity contribution in [3.05, 3.63) is 74.9 Å². The van der Waals surface area contributed by atoms with Crippen LogP contribution in [0.2, 0.25) is 0 Å². The van der Waals surface area contributed by atoms with Gasteiger partial charge in [0, 0.05) is 24.3 Å². The number of halogens is 1. The fraction of sp³-hybridized carbons (Fsp3) is 0.273. The van der Waals surface area contributed by atoms with E-state index in [1.54, 1.807) is 20.2 Å². The number of nitrogens with zero attached hydrogens (tertiary/aromatic N) is 5. The number of benzene rings is 1. The molecule has 0 bridgehead atoms. The van der Waals surface area contributed by atoms with Crippen molar-refractivity contribution in [2.75, 3.05) is 0 Å². The van der Waals surface area contributed by atoms with Gasteiger partial charge < -0.3 is 4.79 Å². The van der Waals surface area contributed by atoms with Crippen LogP contribution in [0, 0.1) is 5.82 Å². The van der Waals surface area contributed by atoms with Gasteiger partial charge in [0.1, 0.15) is 14.9 Å². The van der Waals surface area contributed by atoms with Crippen LogP contribution in [0.15, 0.2) is 56.5 Å². The molecule has 1 saturated carbocycles. The van der Waals surface area contributed by atoms with Gasteiger partial charge in [-0.15, -0.1) is 11.3 Å². The van der Waals surface area contributed by atoms with Crippen LogP contribution in [0.1, 0.15) is 25.3 Å². The van der Waals surface area contributed by atoms with Crippen molar-refractivity contribution >= 4 is 45.2 Å². The van der Waals surface area contributed by atoms with Crippen LogP contribution >= 0.6 is 11.3 Å². The third kappa shape index (κ3) is 4.04. The number of hydrogen-bond acceptors (Lipinski definition) is 7. The summed E-state index contributed by atoms with van der Waals surface area (Å²) >= 11 is 0.749. The maximum Gasteiger partial charge on any atom is 0.337 e. The lowest BCUT2D eigenvalue weighted by Gasteiger charge is -2.25. The predicted octanol–water partition coefficient (Wildman–Crippen LogP) is 1.49. The molecular formula is C22H20BFN5O5S2. The molecule has 4 aromatic rings. The molecule has 0 aliphatic heterocycles. The molecule has 1 aliphatic carbocycles. The van der Waals surface area contributed by atoms with E-state index < -0.39 is 32.6 Å². The number of aryl methyl sites for hydroxylation is 1. The van der Waals surface area contributed by atoms with Crippen molar-refractivity contribution in [1.82, 2.24) is 23.1 Å². The van der Waals surface area contributed by atoms with Crippen LogP contribution in [0.3, 0.4) is 0 Å². The zero-order valence-corrected chi connectivity index (χ0v) is 20.9. The van der Waals surface area contributed by atoms with E-state index in [0.717, 1.165) is 27.5 Å². The Morgan fingerprint density at radius 2 is 1.94 bits per heavy atom. The zero-order valence-electron chi connectivity index (χ0n) is 19.3. The van der Waals surface area contributed by atoms with Crippen LogP contribution in [-0.4, -0.2) is 50.7 Å². The summed E-state index contributed by atoms with van der Waals surface area (Å²) in [7, 11) is -1.52. The number of carbonyl (C=O) groups excluding carboxylic acids is 1. The van der Waals surface area contributed by atoms with Gasteiger partial charge in [0.15, 0.2) is 0 Å². The molecule has 0 spiro atoms. The number of fused-ring (bicyclic) bond motifs is 1. The number of thiophene rings is 1. The van der Waals surface area contributed by atoms with Crippen molar-refractivity contribution in [2.24, 2.45) is 7.05 Å². The first-order valence-corrected chi connectivity index (χ1v) is 13.2. The normalized spacial score (nSPS) is 14.9. The highest BCUT2D eigenvalue weighted by Gasteiger charge is 2.49. The lowest BCUT2D eigenvalue weighted by molar-refractivity contribution is 0.454. The Morgan fingerprint density at radius 3 is 2.53 bits per heavy atom. The summed E-state index contributed by atoms with van der Waals surface area (Å²) < 4.78 is 45.2. The van der Waals surface area contributed by atoms with Gasteiger partial charge >= 0.3 is 13.1 Å². The first-order valence-electron chi connectivity index (χ1n) is 10.9. The van der Waals surface area contributed by atoms with E-state index in [9.17, 15) is 27.2 Å². The van der Waals surface area contributed by atoms with Gasteiger partial charge in [0.25, 0.3) is 5.56 Å².